The number of para-hydroxylation sites is 1. The van der Waals surface area contributed by atoms with Gasteiger partial charge in [0.15, 0.2) is 0 Å². The highest BCUT2D eigenvalue weighted by atomic mass is 16.6. The predicted octanol–water partition coefficient (Wildman–Crippen LogP) is 5.19. The largest absolute Gasteiger partial charge is 0.322 e. The number of carbonyl (C=O) groups is 3. The van der Waals surface area contributed by atoms with E-state index < -0.39 is 34.6 Å². The summed E-state index contributed by atoms with van der Waals surface area (Å²) in [6.45, 7) is 3.76. The summed E-state index contributed by atoms with van der Waals surface area (Å²) in [6.07, 6.45) is 1.62. The predicted molar refractivity (Wildman–Crippen MR) is 142 cm³/mol. The van der Waals surface area contributed by atoms with Crippen LogP contribution in [0, 0.1) is 16.0 Å². The number of amides is 3. The number of anilines is 1. The maximum Gasteiger partial charge on any atom is 0.269 e. The quantitative estimate of drug-likeness (QED) is 0.208. The molecule has 3 aromatic carbocycles. The van der Waals surface area contributed by atoms with Gasteiger partial charge in [0.1, 0.15) is 6.04 Å². The molecule has 0 saturated heterocycles. The van der Waals surface area contributed by atoms with Crippen LogP contribution in [0.4, 0.5) is 11.4 Å². The molecule has 4 aromatic rings. The second-order valence-corrected chi connectivity index (χ2v) is 9.46. The van der Waals surface area contributed by atoms with E-state index in [1.54, 1.807) is 60.8 Å². The molecule has 2 atom stereocenters. The Balaban J connectivity index is 1.62. The van der Waals surface area contributed by atoms with E-state index in [-0.39, 0.29) is 22.7 Å². The van der Waals surface area contributed by atoms with Gasteiger partial charge in [-0.15, -0.1) is 0 Å². The van der Waals surface area contributed by atoms with Crippen molar-refractivity contribution >= 4 is 40.0 Å². The van der Waals surface area contributed by atoms with Gasteiger partial charge >= 0.3 is 0 Å². The molecule has 5 rings (SSSR count). The van der Waals surface area contributed by atoms with E-state index in [2.05, 4.69) is 10.3 Å². The number of carbonyl (C=O) groups excluding carboxylic acids is 3. The van der Waals surface area contributed by atoms with Crippen LogP contribution in [-0.2, 0) is 4.79 Å². The summed E-state index contributed by atoms with van der Waals surface area (Å²) in [6, 6.07) is 20.1. The number of imide groups is 1. The number of nitro benzene ring substituents is 1. The van der Waals surface area contributed by atoms with Gasteiger partial charge in [-0.1, -0.05) is 56.3 Å². The Hall–Kier alpha value is -4.92. The third-order valence-electron chi connectivity index (χ3n) is 6.81. The molecule has 3 amide bonds. The fraction of sp³-hybridized carbons (Fsp3) is 0.172. The SMILES string of the molecule is CC(C)[C@H](c1ccc([N+](=O)[O-])cc1)[C@@H](C(=O)Nc1cccc2cccnc12)N1C(=O)c2ccccc2C1=O. The first-order valence-corrected chi connectivity index (χ1v) is 12.1. The first kappa shape index (κ1) is 24.8. The van der Waals surface area contributed by atoms with Crippen LogP contribution in [0.15, 0.2) is 85.1 Å². The highest BCUT2D eigenvalue weighted by Gasteiger charge is 2.47. The molecule has 0 unspecified atom stereocenters. The molecule has 1 aliphatic rings. The normalized spacial score (nSPS) is 14.4. The molecular weight excluding hydrogens is 484 g/mol. The maximum atomic E-state index is 14.1. The Morgan fingerprint density at radius 2 is 1.53 bits per heavy atom. The van der Waals surface area contributed by atoms with Crippen molar-refractivity contribution in [2.75, 3.05) is 5.32 Å². The monoisotopic (exact) mass is 508 g/mol. The number of rotatable bonds is 7. The average molecular weight is 509 g/mol. The number of pyridine rings is 1. The van der Waals surface area contributed by atoms with Gasteiger partial charge in [-0.2, -0.15) is 0 Å². The van der Waals surface area contributed by atoms with Crippen LogP contribution in [0.5, 0.6) is 0 Å². The Bertz CT molecular complexity index is 1540. The molecule has 0 radical (unpaired) electrons. The minimum absolute atomic E-state index is 0.0974. The molecule has 0 saturated carbocycles. The minimum atomic E-state index is -1.23. The zero-order chi connectivity index (χ0) is 27.0. The van der Waals surface area contributed by atoms with Crippen LogP contribution in [-0.4, -0.2) is 38.6 Å². The summed E-state index contributed by atoms with van der Waals surface area (Å²) in [4.78, 5) is 57.3. The van der Waals surface area contributed by atoms with Crippen molar-refractivity contribution in [1.82, 2.24) is 9.88 Å². The summed E-state index contributed by atoms with van der Waals surface area (Å²) in [7, 11) is 0. The second kappa shape index (κ2) is 9.85. The average Bonchev–Trinajstić information content (AvgIpc) is 3.16. The van der Waals surface area contributed by atoms with E-state index in [0.29, 0.717) is 16.8 Å². The third-order valence-corrected chi connectivity index (χ3v) is 6.81. The van der Waals surface area contributed by atoms with Crippen molar-refractivity contribution in [3.05, 3.63) is 112 Å². The number of nitro groups is 1. The summed E-state index contributed by atoms with van der Waals surface area (Å²) in [5.74, 6) is -2.55. The molecule has 0 spiro atoms. The number of benzene rings is 3. The third kappa shape index (κ3) is 4.28. The molecule has 9 heteroatoms. The molecule has 1 aliphatic heterocycles. The number of hydrogen-bond donors (Lipinski definition) is 1. The number of fused-ring (bicyclic) bond motifs is 2. The van der Waals surface area contributed by atoms with E-state index in [1.807, 2.05) is 26.0 Å². The lowest BCUT2D eigenvalue weighted by atomic mass is 9.81. The van der Waals surface area contributed by atoms with Gasteiger partial charge < -0.3 is 5.32 Å². The summed E-state index contributed by atoms with van der Waals surface area (Å²) >= 11 is 0. The van der Waals surface area contributed by atoms with Crippen molar-refractivity contribution in [3.8, 4) is 0 Å². The summed E-state index contributed by atoms with van der Waals surface area (Å²) in [5, 5.41) is 15.0. The standard InChI is InChI=1S/C29H24N4O5/c1-17(2)24(18-12-14-20(15-13-18)33(37)38)26(32-28(35)21-9-3-4-10-22(21)29(32)36)27(34)31-23-11-5-7-19-8-6-16-30-25(19)23/h3-17,24,26H,1-2H3,(H,31,34)/t24-,26+/m1/s1. The summed E-state index contributed by atoms with van der Waals surface area (Å²) < 4.78 is 0. The van der Waals surface area contributed by atoms with Gasteiger partial charge in [0.05, 0.1) is 27.3 Å². The van der Waals surface area contributed by atoms with Gasteiger partial charge in [0.2, 0.25) is 5.91 Å². The van der Waals surface area contributed by atoms with Gasteiger partial charge in [-0.05, 0) is 35.7 Å². The lowest BCUT2D eigenvalue weighted by molar-refractivity contribution is -0.384. The Kier molecular flexibility index (Phi) is 6.42. The van der Waals surface area contributed by atoms with E-state index in [0.717, 1.165) is 10.3 Å². The van der Waals surface area contributed by atoms with Crippen LogP contribution in [0.1, 0.15) is 46.0 Å². The molecule has 1 aromatic heterocycles. The highest BCUT2D eigenvalue weighted by Crippen LogP contribution is 2.37. The minimum Gasteiger partial charge on any atom is -0.322 e. The first-order valence-electron chi connectivity index (χ1n) is 12.1. The van der Waals surface area contributed by atoms with E-state index in [9.17, 15) is 24.5 Å². The second-order valence-electron chi connectivity index (χ2n) is 9.46. The molecule has 9 nitrogen and oxygen atoms in total. The van der Waals surface area contributed by atoms with Gasteiger partial charge in [-0.25, -0.2) is 0 Å². The number of nitrogens with one attached hydrogen (secondary N) is 1. The first-order chi connectivity index (χ1) is 18.3. The number of hydrogen-bond acceptors (Lipinski definition) is 6. The molecule has 0 aliphatic carbocycles. The zero-order valence-electron chi connectivity index (χ0n) is 20.7. The lowest BCUT2D eigenvalue weighted by Crippen LogP contribution is -2.51. The molecule has 38 heavy (non-hydrogen) atoms. The Morgan fingerprint density at radius 1 is 0.895 bits per heavy atom. The van der Waals surface area contributed by atoms with Gasteiger partial charge in [-0.3, -0.25) is 34.4 Å². The Labute approximate surface area is 218 Å². The van der Waals surface area contributed by atoms with Crippen LogP contribution in [0.25, 0.3) is 10.9 Å². The van der Waals surface area contributed by atoms with Crippen LogP contribution in [0.3, 0.4) is 0 Å². The van der Waals surface area contributed by atoms with Crippen LogP contribution < -0.4 is 5.32 Å². The lowest BCUT2D eigenvalue weighted by Gasteiger charge is -2.35. The van der Waals surface area contributed by atoms with Crippen LogP contribution >= 0.6 is 0 Å². The highest BCUT2D eigenvalue weighted by molar-refractivity contribution is 6.23. The molecule has 1 N–H and O–H groups in total. The van der Waals surface area contributed by atoms with Crippen molar-refractivity contribution in [1.29, 1.82) is 0 Å². The van der Waals surface area contributed by atoms with Crippen molar-refractivity contribution in [3.63, 3.8) is 0 Å². The fourth-order valence-electron chi connectivity index (χ4n) is 5.06. The number of non-ortho nitro benzene ring substituents is 1. The van der Waals surface area contributed by atoms with E-state index >= 15 is 0 Å². The molecular formula is C29H24N4O5. The molecule has 2 heterocycles. The molecule has 0 fully saturated rings. The summed E-state index contributed by atoms with van der Waals surface area (Å²) in [5.41, 5.74) is 1.97. The topological polar surface area (TPSA) is 123 Å². The zero-order valence-corrected chi connectivity index (χ0v) is 20.7. The van der Waals surface area contributed by atoms with E-state index in [1.165, 1.54) is 12.1 Å². The number of nitrogens with zero attached hydrogens (tertiary/aromatic N) is 3. The number of aromatic nitrogens is 1. The van der Waals surface area contributed by atoms with E-state index in [4.69, 9.17) is 0 Å². The fourth-order valence-corrected chi connectivity index (χ4v) is 5.06. The van der Waals surface area contributed by atoms with Crippen molar-refractivity contribution in [2.24, 2.45) is 5.92 Å². The molecule has 0 bridgehead atoms. The Morgan fingerprint density at radius 3 is 2.13 bits per heavy atom. The van der Waals surface area contributed by atoms with Crippen LogP contribution in [0.2, 0.25) is 0 Å². The van der Waals surface area contributed by atoms with Crippen molar-refractivity contribution in [2.45, 2.75) is 25.8 Å². The molecule has 190 valence electrons. The van der Waals surface area contributed by atoms with Gasteiger partial charge in [0, 0.05) is 29.6 Å². The van der Waals surface area contributed by atoms with Crippen molar-refractivity contribution < 1.29 is 19.3 Å². The van der Waals surface area contributed by atoms with Gasteiger partial charge in [0.25, 0.3) is 17.5 Å². The maximum absolute atomic E-state index is 14.1. The smallest absolute Gasteiger partial charge is 0.269 e.